The van der Waals surface area contributed by atoms with E-state index >= 15 is 0 Å². The van der Waals surface area contributed by atoms with Crippen molar-refractivity contribution in [3.05, 3.63) is 64.2 Å². The van der Waals surface area contributed by atoms with E-state index in [1.165, 1.54) is 12.1 Å². The molecule has 6 nitrogen and oxygen atoms in total. The van der Waals surface area contributed by atoms with Crippen LogP contribution < -0.4 is 0 Å². The summed E-state index contributed by atoms with van der Waals surface area (Å²) in [4.78, 5) is 19.4. The molecule has 0 unspecified atom stereocenters. The van der Waals surface area contributed by atoms with Crippen LogP contribution in [0.1, 0.15) is 18.9 Å². The van der Waals surface area contributed by atoms with Crippen molar-refractivity contribution in [3.63, 3.8) is 0 Å². The summed E-state index contributed by atoms with van der Waals surface area (Å²) in [6, 6.07) is 14.3. The van der Waals surface area contributed by atoms with Crippen LogP contribution >= 0.6 is 0 Å². The van der Waals surface area contributed by atoms with E-state index in [1.54, 1.807) is 18.3 Å². The summed E-state index contributed by atoms with van der Waals surface area (Å²) in [5.74, 6) is 0.611. The molecular formula is C17H16N4O2. The first-order chi connectivity index (χ1) is 11.2. The predicted octanol–water partition coefficient (Wildman–Crippen LogP) is 4.11. The maximum atomic E-state index is 10.8. The van der Waals surface area contributed by atoms with Gasteiger partial charge in [-0.2, -0.15) is 0 Å². The first kappa shape index (κ1) is 14.9. The normalized spacial score (nSPS) is 11.3. The Kier molecular flexibility index (Phi) is 4.14. The van der Waals surface area contributed by atoms with Crippen molar-refractivity contribution in [3.8, 4) is 0 Å². The summed E-state index contributed by atoms with van der Waals surface area (Å²) < 4.78 is 2.06. The van der Waals surface area contributed by atoms with Crippen LogP contribution in [0.25, 0.3) is 11.0 Å². The van der Waals surface area contributed by atoms with Crippen LogP contribution in [0.15, 0.2) is 53.5 Å². The quantitative estimate of drug-likeness (QED) is 0.404. The van der Waals surface area contributed by atoms with E-state index in [9.17, 15) is 10.1 Å². The molecule has 1 heterocycles. The molecule has 0 aliphatic heterocycles. The molecule has 0 N–H and O–H groups in total. The number of benzene rings is 2. The van der Waals surface area contributed by atoms with Crippen molar-refractivity contribution in [2.75, 3.05) is 0 Å². The monoisotopic (exact) mass is 308 g/mol. The number of nitro groups is 1. The summed E-state index contributed by atoms with van der Waals surface area (Å²) in [6.07, 6.45) is 2.58. The van der Waals surface area contributed by atoms with E-state index in [0.29, 0.717) is 11.5 Å². The lowest BCUT2D eigenvalue weighted by atomic mass is 10.2. The number of non-ortho nitro benzene ring substituents is 1. The van der Waals surface area contributed by atoms with Gasteiger partial charge in [0.1, 0.15) is 0 Å². The van der Waals surface area contributed by atoms with Crippen LogP contribution in [-0.2, 0) is 6.54 Å². The summed E-state index contributed by atoms with van der Waals surface area (Å²) in [5, 5.41) is 10.8. The summed E-state index contributed by atoms with van der Waals surface area (Å²) in [7, 11) is 0. The molecule has 0 fully saturated rings. The van der Waals surface area contributed by atoms with E-state index in [1.807, 2.05) is 24.3 Å². The highest BCUT2D eigenvalue weighted by Gasteiger charge is 2.09. The third kappa shape index (κ3) is 3.11. The highest BCUT2D eigenvalue weighted by molar-refractivity contribution is 5.84. The number of nitro benzene ring substituents is 1. The highest BCUT2D eigenvalue weighted by atomic mass is 16.6. The van der Waals surface area contributed by atoms with Gasteiger partial charge in [0.2, 0.25) is 5.95 Å². The molecule has 0 radical (unpaired) electrons. The highest BCUT2D eigenvalue weighted by Crippen LogP contribution is 2.22. The lowest BCUT2D eigenvalue weighted by Crippen LogP contribution is -1.96. The molecule has 6 heteroatoms. The van der Waals surface area contributed by atoms with Gasteiger partial charge in [-0.25, -0.2) is 9.98 Å². The molecule has 0 bridgehead atoms. The number of nitrogens with zero attached hydrogens (tertiary/aromatic N) is 4. The number of imidazole rings is 1. The van der Waals surface area contributed by atoms with E-state index in [2.05, 4.69) is 21.5 Å². The lowest BCUT2D eigenvalue weighted by molar-refractivity contribution is -0.384. The fourth-order valence-electron chi connectivity index (χ4n) is 2.46. The molecular weight excluding hydrogens is 292 g/mol. The van der Waals surface area contributed by atoms with Gasteiger partial charge in [-0.05, 0) is 24.1 Å². The Morgan fingerprint density at radius 3 is 2.87 bits per heavy atom. The second kappa shape index (κ2) is 6.39. The number of hydrogen-bond donors (Lipinski definition) is 0. The van der Waals surface area contributed by atoms with Crippen molar-refractivity contribution in [1.82, 2.24) is 9.55 Å². The number of rotatable bonds is 5. The number of para-hydroxylation sites is 2. The first-order valence-electron chi connectivity index (χ1n) is 7.43. The Hall–Kier alpha value is -3.02. The van der Waals surface area contributed by atoms with Crippen molar-refractivity contribution < 1.29 is 4.92 Å². The van der Waals surface area contributed by atoms with Crippen LogP contribution in [0.2, 0.25) is 0 Å². The van der Waals surface area contributed by atoms with Crippen molar-refractivity contribution >= 4 is 28.9 Å². The lowest BCUT2D eigenvalue weighted by Gasteiger charge is -2.03. The Labute approximate surface area is 133 Å². The predicted molar refractivity (Wildman–Crippen MR) is 90.4 cm³/mol. The molecule has 3 rings (SSSR count). The Morgan fingerprint density at radius 1 is 1.26 bits per heavy atom. The van der Waals surface area contributed by atoms with Crippen LogP contribution in [0.3, 0.4) is 0 Å². The van der Waals surface area contributed by atoms with Gasteiger partial charge in [-0.3, -0.25) is 10.1 Å². The third-order valence-corrected chi connectivity index (χ3v) is 3.49. The molecule has 116 valence electrons. The van der Waals surface area contributed by atoms with Gasteiger partial charge < -0.3 is 4.57 Å². The number of fused-ring (bicyclic) bond motifs is 1. The molecule has 0 amide bonds. The van der Waals surface area contributed by atoms with Crippen LogP contribution in [-0.4, -0.2) is 20.7 Å². The fraction of sp³-hybridized carbons (Fsp3) is 0.176. The average Bonchev–Trinajstić information content (AvgIpc) is 2.92. The average molecular weight is 308 g/mol. The second-order valence-electron chi connectivity index (χ2n) is 5.16. The minimum Gasteiger partial charge on any atom is -0.308 e. The SMILES string of the molecule is CCCn1c(N=Cc2cccc([N+](=O)[O-])c2)nc2ccccc21. The number of aliphatic imine (C=N–C) groups is 1. The molecule has 0 saturated carbocycles. The molecule has 0 atom stereocenters. The third-order valence-electron chi connectivity index (χ3n) is 3.49. The first-order valence-corrected chi connectivity index (χ1v) is 7.43. The maximum Gasteiger partial charge on any atom is 0.270 e. The summed E-state index contributed by atoms with van der Waals surface area (Å²) in [5.41, 5.74) is 2.66. The van der Waals surface area contributed by atoms with E-state index in [0.717, 1.165) is 24.0 Å². The minimum absolute atomic E-state index is 0.0519. The Morgan fingerprint density at radius 2 is 2.09 bits per heavy atom. The van der Waals surface area contributed by atoms with Crippen LogP contribution in [0, 0.1) is 10.1 Å². The number of aromatic nitrogens is 2. The topological polar surface area (TPSA) is 73.3 Å². The Bertz CT molecular complexity index is 883. The molecule has 0 saturated heterocycles. The number of aryl methyl sites for hydroxylation is 1. The zero-order valence-corrected chi connectivity index (χ0v) is 12.7. The van der Waals surface area contributed by atoms with Gasteiger partial charge in [0.15, 0.2) is 0 Å². The van der Waals surface area contributed by atoms with Gasteiger partial charge in [-0.15, -0.1) is 0 Å². The molecule has 0 aliphatic carbocycles. The molecule has 3 aromatic rings. The minimum atomic E-state index is -0.413. The van der Waals surface area contributed by atoms with Crippen molar-refractivity contribution in [2.45, 2.75) is 19.9 Å². The van der Waals surface area contributed by atoms with E-state index < -0.39 is 4.92 Å². The maximum absolute atomic E-state index is 10.8. The van der Waals surface area contributed by atoms with E-state index in [4.69, 9.17) is 0 Å². The van der Waals surface area contributed by atoms with Crippen LogP contribution in [0.4, 0.5) is 11.6 Å². The number of hydrogen-bond acceptors (Lipinski definition) is 4. The van der Waals surface area contributed by atoms with Crippen LogP contribution in [0.5, 0.6) is 0 Å². The van der Waals surface area contributed by atoms with Crippen molar-refractivity contribution in [2.24, 2.45) is 4.99 Å². The van der Waals surface area contributed by atoms with Gasteiger partial charge >= 0.3 is 0 Å². The zero-order valence-electron chi connectivity index (χ0n) is 12.7. The molecule has 0 spiro atoms. The van der Waals surface area contributed by atoms with Gasteiger partial charge in [-0.1, -0.05) is 31.2 Å². The summed E-state index contributed by atoms with van der Waals surface area (Å²) in [6.45, 7) is 2.92. The summed E-state index contributed by atoms with van der Waals surface area (Å²) >= 11 is 0. The molecule has 2 aromatic carbocycles. The van der Waals surface area contributed by atoms with Gasteiger partial charge in [0, 0.05) is 24.9 Å². The standard InChI is InChI=1S/C17H16N4O2/c1-2-10-20-16-9-4-3-8-15(16)19-17(20)18-12-13-6-5-7-14(11-13)21(22)23/h3-9,11-12H,2,10H2,1H3. The second-order valence-corrected chi connectivity index (χ2v) is 5.16. The van der Waals surface area contributed by atoms with Crippen molar-refractivity contribution in [1.29, 1.82) is 0 Å². The molecule has 0 aliphatic rings. The Balaban J connectivity index is 1.99. The van der Waals surface area contributed by atoms with Gasteiger partial charge in [0.25, 0.3) is 5.69 Å². The molecule has 23 heavy (non-hydrogen) atoms. The largest absolute Gasteiger partial charge is 0.308 e. The smallest absolute Gasteiger partial charge is 0.270 e. The fourth-order valence-corrected chi connectivity index (χ4v) is 2.46. The van der Waals surface area contributed by atoms with Gasteiger partial charge in [0.05, 0.1) is 16.0 Å². The van der Waals surface area contributed by atoms with E-state index in [-0.39, 0.29) is 5.69 Å². The zero-order chi connectivity index (χ0) is 16.2. The molecule has 1 aromatic heterocycles.